The van der Waals surface area contributed by atoms with Crippen molar-refractivity contribution >= 4 is 11.3 Å². The summed E-state index contributed by atoms with van der Waals surface area (Å²) in [5, 5.41) is 5.94. The minimum atomic E-state index is 0.396. The molecule has 0 atom stereocenters. The Labute approximate surface area is 109 Å². The van der Waals surface area contributed by atoms with Gasteiger partial charge >= 0.3 is 0 Å². The topological polar surface area (TPSA) is 77.8 Å². The van der Waals surface area contributed by atoms with Crippen molar-refractivity contribution in [1.29, 1.82) is 0 Å². The Balaban J connectivity index is 1.71. The van der Waals surface area contributed by atoms with E-state index in [4.69, 9.17) is 10.3 Å². The smallest absolute Gasteiger partial charge is 0.230 e. The van der Waals surface area contributed by atoms with Crippen molar-refractivity contribution in [2.45, 2.75) is 31.6 Å². The van der Waals surface area contributed by atoms with E-state index in [-0.39, 0.29) is 0 Å². The average molecular weight is 264 g/mol. The van der Waals surface area contributed by atoms with Crippen molar-refractivity contribution in [3.05, 3.63) is 16.8 Å². The molecule has 0 aromatic carbocycles. The lowest BCUT2D eigenvalue weighted by Gasteiger charge is -2.24. The highest BCUT2D eigenvalue weighted by Crippen LogP contribution is 2.35. The first kappa shape index (κ1) is 11.8. The van der Waals surface area contributed by atoms with Gasteiger partial charge in [0.2, 0.25) is 11.7 Å². The summed E-state index contributed by atoms with van der Waals surface area (Å²) in [6.07, 6.45) is 4.52. The third-order valence-corrected chi connectivity index (χ3v) is 4.22. The minimum absolute atomic E-state index is 0.396. The largest absolute Gasteiger partial charge is 0.339 e. The summed E-state index contributed by atoms with van der Waals surface area (Å²) in [7, 11) is 0. The molecule has 2 aromatic heterocycles. The molecule has 18 heavy (non-hydrogen) atoms. The predicted octanol–water partition coefficient (Wildman–Crippen LogP) is 2.43. The van der Waals surface area contributed by atoms with E-state index in [9.17, 15) is 0 Å². The molecular formula is C12H16N4OS. The predicted molar refractivity (Wildman–Crippen MR) is 69.2 cm³/mol. The van der Waals surface area contributed by atoms with E-state index >= 15 is 0 Å². The molecule has 0 spiro atoms. The molecule has 1 saturated carbocycles. The van der Waals surface area contributed by atoms with Gasteiger partial charge in [0.05, 0.1) is 5.51 Å². The summed E-state index contributed by atoms with van der Waals surface area (Å²) in [6, 6.07) is 0. The van der Waals surface area contributed by atoms with Crippen LogP contribution in [0.25, 0.3) is 11.5 Å². The first-order chi connectivity index (χ1) is 8.86. The van der Waals surface area contributed by atoms with Gasteiger partial charge in [0, 0.05) is 11.3 Å². The highest BCUT2D eigenvalue weighted by molar-refractivity contribution is 7.07. The Morgan fingerprint density at radius 2 is 2.17 bits per heavy atom. The molecule has 3 rings (SSSR count). The van der Waals surface area contributed by atoms with E-state index in [1.165, 1.54) is 11.3 Å². The number of nitrogens with two attached hydrogens (primary N) is 1. The summed E-state index contributed by atoms with van der Waals surface area (Å²) in [5.41, 5.74) is 8.27. The lowest BCUT2D eigenvalue weighted by molar-refractivity contribution is 0.275. The molecule has 1 aliphatic carbocycles. The Morgan fingerprint density at radius 1 is 1.33 bits per heavy atom. The summed E-state index contributed by atoms with van der Waals surface area (Å²) in [5.74, 6) is 2.43. The van der Waals surface area contributed by atoms with Crippen LogP contribution in [0.2, 0.25) is 0 Å². The zero-order chi connectivity index (χ0) is 12.4. The average Bonchev–Trinajstić information content (AvgIpc) is 3.09. The van der Waals surface area contributed by atoms with Crippen LogP contribution in [0.15, 0.2) is 15.4 Å². The van der Waals surface area contributed by atoms with E-state index < -0.39 is 0 Å². The second-order valence-electron chi connectivity index (χ2n) is 4.78. The SMILES string of the molecule is NCC1CCC(c2nc(-c3cscn3)no2)CC1. The molecule has 0 saturated heterocycles. The van der Waals surface area contributed by atoms with Gasteiger partial charge < -0.3 is 10.3 Å². The van der Waals surface area contributed by atoms with Gasteiger partial charge in [-0.25, -0.2) is 4.98 Å². The number of hydrogen-bond acceptors (Lipinski definition) is 6. The molecule has 2 heterocycles. The van der Waals surface area contributed by atoms with Gasteiger partial charge in [-0.15, -0.1) is 11.3 Å². The van der Waals surface area contributed by atoms with Gasteiger partial charge in [0.25, 0.3) is 0 Å². The van der Waals surface area contributed by atoms with Gasteiger partial charge in [-0.05, 0) is 38.1 Å². The van der Waals surface area contributed by atoms with Crippen LogP contribution >= 0.6 is 11.3 Å². The molecule has 96 valence electrons. The Kier molecular flexibility index (Phi) is 3.38. The molecule has 5 nitrogen and oxygen atoms in total. The van der Waals surface area contributed by atoms with Crippen LogP contribution in [0.5, 0.6) is 0 Å². The lowest BCUT2D eigenvalue weighted by Crippen LogP contribution is -2.20. The third kappa shape index (κ3) is 2.30. The lowest BCUT2D eigenvalue weighted by atomic mass is 9.82. The third-order valence-electron chi connectivity index (χ3n) is 3.63. The van der Waals surface area contributed by atoms with E-state index in [2.05, 4.69) is 15.1 Å². The van der Waals surface area contributed by atoms with Crippen molar-refractivity contribution in [3.8, 4) is 11.5 Å². The van der Waals surface area contributed by atoms with Gasteiger partial charge in [0.15, 0.2) is 0 Å². The number of aromatic nitrogens is 3. The quantitative estimate of drug-likeness (QED) is 0.921. The first-order valence-corrected chi connectivity index (χ1v) is 7.23. The Bertz CT molecular complexity index is 488. The highest BCUT2D eigenvalue weighted by atomic mass is 32.1. The molecule has 2 N–H and O–H groups in total. The molecule has 1 fully saturated rings. The summed E-state index contributed by atoms with van der Waals surface area (Å²) < 4.78 is 5.37. The van der Waals surface area contributed by atoms with Crippen molar-refractivity contribution in [2.75, 3.05) is 6.54 Å². The fraction of sp³-hybridized carbons (Fsp3) is 0.583. The van der Waals surface area contributed by atoms with Gasteiger partial charge in [-0.1, -0.05) is 5.16 Å². The van der Waals surface area contributed by atoms with Crippen LogP contribution in [-0.2, 0) is 0 Å². The second-order valence-corrected chi connectivity index (χ2v) is 5.50. The maximum absolute atomic E-state index is 5.70. The molecule has 1 aliphatic rings. The molecule has 0 radical (unpaired) electrons. The molecule has 2 aromatic rings. The Hall–Kier alpha value is -1.27. The van der Waals surface area contributed by atoms with Crippen LogP contribution in [0, 0.1) is 5.92 Å². The molecule has 0 unspecified atom stereocenters. The van der Waals surface area contributed by atoms with E-state index in [1.54, 1.807) is 5.51 Å². The standard InChI is InChI=1S/C12H16N4OS/c13-5-8-1-3-9(4-2-8)12-15-11(16-17-12)10-6-18-7-14-10/h6-9H,1-5,13H2. The maximum atomic E-state index is 5.70. The van der Waals surface area contributed by atoms with Crippen LogP contribution in [0.3, 0.4) is 0 Å². The number of rotatable bonds is 3. The molecular weight excluding hydrogens is 248 g/mol. The van der Waals surface area contributed by atoms with Crippen LogP contribution in [0.4, 0.5) is 0 Å². The van der Waals surface area contributed by atoms with Crippen molar-refractivity contribution < 1.29 is 4.52 Å². The summed E-state index contributed by atoms with van der Waals surface area (Å²) in [6.45, 7) is 0.792. The Morgan fingerprint density at radius 3 is 2.83 bits per heavy atom. The number of thiazole rings is 1. The first-order valence-electron chi connectivity index (χ1n) is 6.29. The number of hydrogen-bond donors (Lipinski definition) is 1. The summed E-state index contributed by atoms with van der Waals surface area (Å²) >= 11 is 1.54. The van der Waals surface area contributed by atoms with Crippen LogP contribution in [-0.4, -0.2) is 21.7 Å². The van der Waals surface area contributed by atoms with Crippen LogP contribution < -0.4 is 5.73 Å². The highest BCUT2D eigenvalue weighted by Gasteiger charge is 2.26. The molecule has 0 amide bonds. The zero-order valence-corrected chi connectivity index (χ0v) is 10.9. The van der Waals surface area contributed by atoms with Gasteiger partial charge in [0.1, 0.15) is 5.69 Å². The zero-order valence-electron chi connectivity index (χ0n) is 10.1. The van der Waals surface area contributed by atoms with Crippen LogP contribution in [0.1, 0.15) is 37.5 Å². The number of nitrogens with zero attached hydrogens (tertiary/aromatic N) is 3. The molecule has 6 heteroatoms. The second kappa shape index (κ2) is 5.16. The van der Waals surface area contributed by atoms with Gasteiger partial charge in [-0.3, -0.25) is 0 Å². The van der Waals surface area contributed by atoms with Crippen molar-refractivity contribution in [3.63, 3.8) is 0 Å². The van der Waals surface area contributed by atoms with E-state index in [1.807, 2.05) is 5.38 Å². The summed E-state index contributed by atoms with van der Waals surface area (Å²) in [4.78, 5) is 8.65. The molecule has 0 bridgehead atoms. The van der Waals surface area contributed by atoms with Crippen molar-refractivity contribution in [1.82, 2.24) is 15.1 Å². The molecule has 0 aliphatic heterocycles. The fourth-order valence-corrected chi connectivity index (χ4v) is 3.00. The van der Waals surface area contributed by atoms with Gasteiger partial charge in [-0.2, -0.15) is 4.98 Å². The normalized spacial score (nSPS) is 24.3. The fourth-order valence-electron chi connectivity index (χ4n) is 2.47. The van der Waals surface area contributed by atoms with E-state index in [0.29, 0.717) is 17.7 Å². The maximum Gasteiger partial charge on any atom is 0.230 e. The van der Waals surface area contributed by atoms with E-state index in [0.717, 1.165) is 43.8 Å². The minimum Gasteiger partial charge on any atom is -0.339 e. The monoisotopic (exact) mass is 264 g/mol. The van der Waals surface area contributed by atoms with Crippen molar-refractivity contribution in [2.24, 2.45) is 11.7 Å².